The Morgan fingerprint density at radius 2 is 1.86 bits per heavy atom. The second kappa shape index (κ2) is 9.58. The van der Waals surface area contributed by atoms with E-state index in [1.807, 2.05) is 0 Å². The van der Waals surface area contributed by atoms with Gasteiger partial charge >= 0.3 is 0 Å². The molecule has 9 heteroatoms. The number of amides is 1. The normalized spacial score (nSPS) is 15.0. The van der Waals surface area contributed by atoms with E-state index in [-0.39, 0.29) is 5.91 Å². The topological polar surface area (TPSA) is 92.3 Å². The van der Waals surface area contributed by atoms with E-state index in [2.05, 4.69) is 22.4 Å². The lowest BCUT2D eigenvalue weighted by molar-refractivity contribution is -0.116. The van der Waals surface area contributed by atoms with Gasteiger partial charge in [0.05, 0.1) is 4.90 Å². The zero-order valence-electron chi connectivity index (χ0n) is 16.1. The molecule has 1 aliphatic heterocycles. The van der Waals surface area contributed by atoms with Gasteiger partial charge in [0.25, 0.3) is 0 Å². The highest BCUT2D eigenvalue weighted by atomic mass is 32.2. The van der Waals surface area contributed by atoms with Crippen LogP contribution in [0.25, 0.3) is 0 Å². The fourth-order valence-electron chi connectivity index (χ4n) is 3.08. The quantitative estimate of drug-likeness (QED) is 0.670. The summed E-state index contributed by atoms with van der Waals surface area (Å²) in [5, 5.41) is 12.3. The van der Waals surface area contributed by atoms with Gasteiger partial charge in [0, 0.05) is 25.9 Å². The second-order valence-corrected chi connectivity index (χ2v) is 9.91. The minimum Gasteiger partial charge on any atom is -0.301 e. The van der Waals surface area contributed by atoms with Crippen LogP contribution in [0.2, 0.25) is 0 Å². The summed E-state index contributed by atoms with van der Waals surface area (Å²) >= 11 is 1.41. The van der Waals surface area contributed by atoms with E-state index in [0.29, 0.717) is 36.0 Å². The van der Waals surface area contributed by atoms with Gasteiger partial charge in [-0.25, -0.2) is 8.42 Å². The third kappa shape index (κ3) is 5.36. The van der Waals surface area contributed by atoms with Gasteiger partial charge < -0.3 is 5.32 Å². The molecular formula is C19H26N4O3S2. The zero-order valence-corrected chi connectivity index (χ0v) is 17.7. The lowest BCUT2D eigenvalue weighted by Gasteiger charge is -2.15. The van der Waals surface area contributed by atoms with E-state index < -0.39 is 10.0 Å². The summed E-state index contributed by atoms with van der Waals surface area (Å²) in [6.07, 6.45) is 5.73. The van der Waals surface area contributed by atoms with Crippen molar-refractivity contribution in [2.45, 2.75) is 56.8 Å². The number of aromatic nitrogens is 2. The number of unbranched alkanes of at least 4 members (excludes halogenated alkanes) is 1. The van der Waals surface area contributed by atoms with Crippen LogP contribution in [0, 0.1) is 0 Å². The minimum atomic E-state index is -3.39. The van der Waals surface area contributed by atoms with Gasteiger partial charge in [-0.2, -0.15) is 4.31 Å². The number of sulfonamides is 1. The highest BCUT2D eigenvalue weighted by Gasteiger charge is 2.26. The molecule has 0 atom stereocenters. The van der Waals surface area contributed by atoms with Crippen LogP contribution in [0.4, 0.5) is 5.13 Å². The molecule has 28 heavy (non-hydrogen) atoms. The predicted octanol–water partition coefficient (Wildman–Crippen LogP) is 3.24. The van der Waals surface area contributed by atoms with Crippen molar-refractivity contribution in [3.05, 3.63) is 34.8 Å². The molecule has 2 aromatic rings. The maximum absolute atomic E-state index is 12.5. The average molecular weight is 423 g/mol. The number of benzene rings is 1. The molecule has 0 bridgehead atoms. The first kappa shape index (κ1) is 20.9. The lowest BCUT2D eigenvalue weighted by atomic mass is 10.1. The molecule has 1 N–H and O–H groups in total. The fraction of sp³-hybridized carbons (Fsp3) is 0.526. The molecule has 1 aliphatic rings. The first-order valence-corrected chi connectivity index (χ1v) is 12.0. The predicted molar refractivity (Wildman–Crippen MR) is 110 cm³/mol. The largest absolute Gasteiger partial charge is 0.301 e. The molecule has 2 heterocycles. The monoisotopic (exact) mass is 422 g/mol. The summed E-state index contributed by atoms with van der Waals surface area (Å²) in [5.41, 5.74) is 0.927. The van der Waals surface area contributed by atoms with Crippen LogP contribution in [-0.2, 0) is 27.7 Å². The van der Waals surface area contributed by atoms with Crippen molar-refractivity contribution in [1.82, 2.24) is 14.5 Å². The second-order valence-electron chi connectivity index (χ2n) is 6.91. The van der Waals surface area contributed by atoms with Gasteiger partial charge in [-0.1, -0.05) is 36.8 Å². The Labute approximate surface area is 170 Å². The van der Waals surface area contributed by atoms with Crippen molar-refractivity contribution in [2.75, 3.05) is 18.4 Å². The summed E-state index contributed by atoms with van der Waals surface area (Å²) in [5.74, 6) is -0.119. The van der Waals surface area contributed by atoms with Gasteiger partial charge in [-0.15, -0.1) is 10.2 Å². The van der Waals surface area contributed by atoms with Gasteiger partial charge in [-0.3, -0.25) is 4.79 Å². The maximum atomic E-state index is 12.5. The smallest absolute Gasteiger partial charge is 0.243 e. The molecular weight excluding hydrogens is 396 g/mol. The molecule has 1 fully saturated rings. The lowest BCUT2D eigenvalue weighted by Crippen LogP contribution is -2.27. The molecule has 0 aliphatic carbocycles. The molecule has 0 unspecified atom stereocenters. The van der Waals surface area contributed by atoms with Gasteiger partial charge in [-0.05, 0) is 43.4 Å². The summed E-state index contributed by atoms with van der Waals surface area (Å²) < 4.78 is 26.6. The van der Waals surface area contributed by atoms with Crippen molar-refractivity contribution in [1.29, 1.82) is 0 Å². The molecule has 3 rings (SSSR count). The molecule has 1 saturated heterocycles. The number of rotatable bonds is 9. The Hall–Kier alpha value is -1.84. The molecule has 0 spiro atoms. The number of hydrogen-bond acceptors (Lipinski definition) is 6. The number of nitrogens with one attached hydrogen (secondary N) is 1. The van der Waals surface area contributed by atoms with Crippen LogP contribution in [0.15, 0.2) is 29.2 Å². The van der Waals surface area contributed by atoms with Crippen molar-refractivity contribution in [3.63, 3.8) is 0 Å². The van der Waals surface area contributed by atoms with E-state index in [1.165, 1.54) is 15.6 Å². The first-order chi connectivity index (χ1) is 13.5. The van der Waals surface area contributed by atoms with Crippen LogP contribution in [0.5, 0.6) is 0 Å². The molecule has 0 radical (unpaired) electrons. The SMILES string of the molecule is CCCCc1nnc(NC(=O)CCc2ccc(S(=O)(=O)N3CCCC3)cc2)s1. The van der Waals surface area contributed by atoms with Crippen molar-refractivity contribution in [2.24, 2.45) is 0 Å². The Morgan fingerprint density at radius 1 is 1.14 bits per heavy atom. The minimum absolute atomic E-state index is 0.119. The third-order valence-corrected chi connectivity index (χ3v) is 7.54. The molecule has 1 amide bonds. The van der Waals surface area contributed by atoms with E-state index in [1.54, 1.807) is 24.3 Å². The Kier molecular flexibility index (Phi) is 7.14. The molecule has 7 nitrogen and oxygen atoms in total. The molecule has 1 aromatic heterocycles. The van der Waals surface area contributed by atoms with E-state index in [0.717, 1.165) is 42.7 Å². The number of carbonyl (C=O) groups excluding carboxylic acids is 1. The number of hydrogen-bond donors (Lipinski definition) is 1. The van der Waals surface area contributed by atoms with Crippen molar-refractivity contribution >= 4 is 32.4 Å². The molecule has 152 valence electrons. The summed E-state index contributed by atoms with van der Waals surface area (Å²) in [6.45, 7) is 3.31. The van der Waals surface area contributed by atoms with Gasteiger partial charge in [0.1, 0.15) is 5.01 Å². The summed E-state index contributed by atoms with van der Waals surface area (Å²) in [4.78, 5) is 12.5. The van der Waals surface area contributed by atoms with Crippen LogP contribution < -0.4 is 5.32 Å². The number of aryl methyl sites for hydroxylation is 2. The van der Waals surface area contributed by atoms with Crippen LogP contribution in [-0.4, -0.2) is 41.9 Å². The Morgan fingerprint density at radius 3 is 2.54 bits per heavy atom. The molecule has 1 aromatic carbocycles. The Bertz CT molecular complexity index is 888. The summed E-state index contributed by atoms with van der Waals surface area (Å²) in [6, 6.07) is 6.82. The van der Waals surface area contributed by atoms with Crippen LogP contribution in [0.3, 0.4) is 0 Å². The average Bonchev–Trinajstić information content (AvgIpc) is 3.37. The van der Waals surface area contributed by atoms with Gasteiger partial charge in [0.2, 0.25) is 21.1 Å². The van der Waals surface area contributed by atoms with Crippen molar-refractivity contribution in [3.8, 4) is 0 Å². The fourth-order valence-corrected chi connectivity index (χ4v) is 5.39. The molecule has 0 saturated carbocycles. The van der Waals surface area contributed by atoms with Crippen LogP contribution in [0.1, 0.15) is 49.6 Å². The first-order valence-electron chi connectivity index (χ1n) is 9.70. The number of anilines is 1. The standard InChI is InChI=1S/C19H26N4O3S2/c1-2-3-6-18-21-22-19(27-18)20-17(24)12-9-15-7-10-16(11-8-15)28(25,26)23-13-4-5-14-23/h7-8,10-11H,2-6,9,12-14H2,1H3,(H,20,22,24). The highest BCUT2D eigenvalue weighted by Crippen LogP contribution is 2.22. The number of carbonyl (C=O) groups is 1. The van der Waals surface area contributed by atoms with Gasteiger partial charge in [0.15, 0.2) is 0 Å². The maximum Gasteiger partial charge on any atom is 0.243 e. The highest BCUT2D eigenvalue weighted by molar-refractivity contribution is 7.89. The zero-order chi connectivity index (χ0) is 20.0. The van der Waals surface area contributed by atoms with Crippen LogP contribution >= 0.6 is 11.3 Å². The summed E-state index contributed by atoms with van der Waals surface area (Å²) in [7, 11) is -3.39. The number of nitrogens with zero attached hydrogens (tertiary/aromatic N) is 3. The van der Waals surface area contributed by atoms with Crippen molar-refractivity contribution < 1.29 is 13.2 Å². The third-order valence-electron chi connectivity index (χ3n) is 4.72. The Balaban J connectivity index is 1.50. The van der Waals surface area contributed by atoms with E-state index in [4.69, 9.17) is 0 Å². The van der Waals surface area contributed by atoms with E-state index in [9.17, 15) is 13.2 Å². The van der Waals surface area contributed by atoms with E-state index >= 15 is 0 Å².